The molecule has 0 bridgehead atoms. The van der Waals surface area contributed by atoms with Crippen LogP contribution in [0.25, 0.3) is 11.1 Å². The van der Waals surface area contributed by atoms with Gasteiger partial charge in [-0.3, -0.25) is 10.00 Å². The summed E-state index contributed by atoms with van der Waals surface area (Å²) in [5.74, 6) is 1.43. The molecule has 0 amide bonds. The van der Waals surface area contributed by atoms with E-state index in [0.717, 1.165) is 37.2 Å². The number of benzene rings is 2. The Morgan fingerprint density at radius 3 is 2.93 bits per heavy atom. The third-order valence-corrected chi connectivity index (χ3v) is 5.62. The quantitative estimate of drug-likeness (QED) is 0.688. The minimum absolute atomic E-state index is 0.295. The number of methoxy groups -OCH3 is 1. The Kier molecular flexibility index (Phi) is 5.35. The summed E-state index contributed by atoms with van der Waals surface area (Å²) in [6.45, 7) is 4.74. The molecule has 1 aliphatic heterocycles. The van der Waals surface area contributed by atoms with Crippen molar-refractivity contribution in [2.75, 3.05) is 20.2 Å². The van der Waals surface area contributed by atoms with Crippen LogP contribution in [-0.2, 0) is 6.54 Å². The number of hydrogen-bond donors (Lipinski definition) is 2. The summed E-state index contributed by atoms with van der Waals surface area (Å²) in [6.07, 6.45) is 4.19. The fraction of sp³-hybridized carbons (Fsp3) is 0.348. The van der Waals surface area contributed by atoms with Crippen LogP contribution < -0.4 is 4.74 Å². The largest absolute Gasteiger partial charge is 0.507 e. The summed E-state index contributed by atoms with van der Waals surface area (Å²) < 4.78 is 5.45. The van der Waals surface area contributed by atoms with Gasteiger partial charge in [-0.2, -0.15) is 5.10 Å². The summed E-state index contributed by atoms with van der Waals surface area (Å²) in [5.41, 5.74) is 5.72. The average Bonchev–Trinajstić information content (AvgIpc) is 3.20. The number of likely N-dealkylation sites (tertiary alicyclic amines) is 1. The highest BCUT2D eigenvalue weighted by Crippen LogP contribution is 2.35. The summed E-state index contributed by atoms with van der Waals surface area (Å²) in [5, 5.41) is 17.9. The minimum Gasteiger partial charge on any atom is -0.507 e. The van der Waals surface area contributed by atoms with Crippen molar-refractivity contribution >= 4 is 0 Å². The highest BCUT2D eigenvalue weighted by molar-refractivity contribution is 5.66. The molecule has 4 rings (SSSR count). The van der Waals surface area contributed by atoms with E-state index in [1.807, 2.05) is 18.3 Å². The second-order valence-electron chi connectivity index (χ2n) is 7.60. The maximum Gasteiger partial charge on any atom is 0.127 e. The molecular formula is C23H27N3O2. The number of aromatic hydroxyl groups is 1. The lowest BCUT2D eigenvalue weighted by atomic mass is 9.90. The normalized spacial score (nSPS) is 17.6. The maximum absolute atomic E-state index is 10.3. The standard InChI is InChI=1S/C23H27N3O2/c1-16-6-3-7-17(12-16)19-13-24-25-23(19)18-8-5-11-26(14-18)15-20-21(27)9-4-10-22(20)28-2/h3-4,6-7,9-10,12-13,18,27H,5,8,11,14-15H2,1-2H3,(H,24,25)/t18-/m0/s1. The van der Waals surface area contributed by atoms with Gasteiger partial charge in [0.15, 0.2) is 0 Å². The maximum atomic E-state index is 10.3. The number of aromatic nitrogens is 2. The molecule has 0 radical (unpaired) electrons. The minimum atomic E-state index is 0.295. The molecule has 1 atom stereocenters. The Morgan fingerprint density at radius 1 is 1.25 bits per heavy atom. The van der Waals surface area contributed by atoms with Gasteiger partial charge in [0.1, 0.15) is 11.5 Å². The van der Waals surface area contributed by atoms with Gasteiger partial charge in [0.05, 0.1) is 13.3 Å². The van der Waals surface area contributed by atoms with E-state index in [-0.39, 0.29) is 0 Å². The van der Waals surface area contributed by atoms with Crippen LogP contribution in [0.15, 0.2) is 48.7 Å². The first kappa shape index (κ1) is 18.6. The van der Waals surface area contributed by atoms with Gasteiger partial charge in [0.2, 0.25) is 0 Å². The molecule has 1 fully saturated rings. The number of aryl methyl sites for hydroxylation is 1. The first-order chi connectivity index (χ1) is 13.7. The molecule has 2 heterocycles. The molecular weight excluding hydrogens is 350 g/mol. The van der Waals surface area contributed by atoms with Crippen LogP contribution in [0.3, 0.4) is 0 Å². The summed E-state index contributed by atoms with van der Waals surface area (Å²) in [4.78, 5) is 2.40. The Hall–Kier alpha value is -2.79. The molecule has 0 saturated carbocycles. The number of H-pyrrole nitrogens is 1. The van der Waals surface area contributed by atoms with E-state index in [0.29, 0.717) is 18.2 Å². The molecule has 0 aliphatic carbocycles. The summed E-state index contributed by atoms with van der Waals surface area (Å²) in [6, 6.07) is 14.0. The zero-order chi connectivity index (χ0) is 19.5. The Morgan fingerprint density at radius 2 is 2.11 bits per heavy atom. The number of phenolic OH excluding ortho intramolecular Hbond substituents is 1. The number of ether oxygens (including phenoxy) is 1. The van der Waals surface area contributed by atoms with E-state index in [1.165, 1.54) is 22.4 Å². The molecule has 0 unspecified atom stereocenters. The van der Waals surface area contributed by atoms with Crippen LogP contribution in [0, 0.1) is 6.92 Å². The topological polar surface area (TPSA) is 61.4 Å². The van der Waals surface area contributed by atoms with Gasteiger partial charge in [-0.15, -0.1) is 0 Å². The van der Waals surface area contributed by atoms with Crippen LogP contribution in [0.2, 0.25) is 0 Å². The van der Waals surface area contributed by atoms with Gasteiger partial charge >= 0.3 is 0 Å². The first-order valence-corrected chi connectivity index (χ1v) is 9.83. The van der Waals surface area contributed by atoms with Gasteiger partial charge in [-0.1, -0.05) is 35.9 Å². The Labute approximate surface area is 166 Å². The van der Waals surface area contributed by atoms with Crippen LogP contribution in [-0.4, -0.2) is 40.4 Å². The number of nitrogens with zero attached hydrogens (tertiary/aromatic N) is 2. The van der Waals surface area contributed by atoms with Crippen LogP contribution in [0.1, 0.15) is 35.6 Å². The lowest BCUT2D eigenvalue weighted by molar-refractivity contribution is 0.194. The van der Waals surface area contributed by atoms with Gasteiger partial charge in [-0.25, -0.2) is 0 Å². The Balaban J connectivity index is 1.55. The van der Waals surface area contributed by atoms with E-state index in [4.69, 9.17) is 4.74 Å². The average molecular weight is 377 g/mol. The van der Waals surface area contributed by atoms with Crippen molar-refractivity contribution in [1.29, 1.82) is 0 Å². The Bertz CT molecular complexity index is 951. The van der Waals surface area contributed by atoms with Crippen molar-refractivity contribution in [3.05, 3.63) is 65.5 Å². The molecule has 3 aromatic rings. The van der Waals surface area contributed by atoms with Crippen LogP contribution >= 0.6 is 0 Å². The molecule has 1 saturated heterocycles. The number of rotatable bonds is 5. The third-order valence-electron chi connectivity index (χ3n) is 5.62. The smallest absolute Gasteiger partial charge is 0.127 e. The first-order valence-electron chi connectivity index (χ1n) is 9.83. The van der Waals surface area contributed by atoms with Gasteiger partial charge in [0, 0.05) is 35.8 Å². The number of phenols is 1. The van der Waals surface area contributed by atoms with Crippen LogP contribution in [0.5, 0.6) is 11.5 Å². The molecule has 0 spiro atoms. The SMILES string of the molecule is COc1cccc(O)c1CN1CCC[C@H](c2[nH]ncc2-c2cccc(C)c2)C1. The zero-order valence-corrected chi connectivity index (χ0v) is 16.5. The van der Waals surface area contributed by atoms with Crippen molar-refractivity contribution in [3.8, 4) is 22.6 Å². The lowest BCUT2D eigenvalue weighted by Gasteiger charge is -2.33. The van der Waals surface area contributed by atoms with Gasteiger partial charge in [0.25, 0.3) is 0 Å². The highest BCUT2D eigenvalue weighted by Gasteiger charge is 2.26. The lowest BCUT2D eigenvalue weighted by Crippen LogP contribution is -2.34. The fourth-order valence-electron chi connectivity index (χ4n) is 4.21. The molecule has 5 nitrogen and oxygen atoms in total. The molecule has 28 heavy (non-hydrogen) atoms. The number of hydrogen-bond acceptors (Lipinski definition) is 4. The summed E-state index contributed by atoms with van der Waals surface area (Å²) >= 11 is 0. The van der Waals surface area contributed by atoms with Crippen molar-refractivity contribution in [2.45, 2.75) is 32.2 Å². The van der Waals surface area contributed by atoms with Crippen molar-refractivity contribution < 1.29 is 9.84 Å². The van der Waals surface area contributed by atoms with Crippen molar-refractivity contribution in [3.63, 3.8) is 0 Å². The van der Waals surface area contributed by atoms with E-state index in [2.05, 4.69) is 46.3 Å². The fourth-order valence-corrected chi connectivity index (χ4v) is 4.21. The van der Waals surface area contributed by atoms with E-state index >= 15 is 0 Å². The predicted octanol–water partition coefficient (Wildman–Crippen LogP) is 4.48. The molecule has 2 aromatic carbocycles. The second kappa shape index (κ2) is 8.07. The summed E-state index contributed by atoms with van der Waals surface area (Å²) in [7, 11) is 1.65. The zero-order valence-electron chi connectivity index (χ0n) is 16.5. The number of piperidine rings is 1. The van der Waals surface area contributed by atoms with E-state index < -0.39 is 0 Å². The van der Waals surface area contributed by atoms with Gasteiger partial charge in [-0.05, 0) is 44.0 Å². The third kappa shape index (κ3) is 3.76. The molecule has 1 aliphatic rings. The monoisotopic (exact) mass is 377 g/mol. The van der Waals surface area contributed by atoms with E-state index in [9.17, 15) is 5.11 Å². The molecule has 1 aromatic heterocycles. The van der Waals surface area contributed by atoms with Crippen molar-refractivity contribution in [1.82, 2.24) is 15.1 Å². The molecule has 146 valence electrons. The highest BCUT2D eigenvalue weighted by atomic mass is 16.5. The van der Waals surface area contributed by atoms with Crippen LogP contribution in [0.4, 0.5) is 0 Å². The predicted molar refractivity (Wildman–Crippen MR) is 111 cm³/mol. The molecule has 5 heteroatoms. The number of aromatic amines is 1. The second-order valence-corrected chi connectivity index (χ2v) is 7.60. The molecule has 2 N–H and O–H groups in total. The van der Waals surface area contributed by atoms with Gasteiger partial charge < -0.3 is 9.84 Å². The number of nitrogens with one attached hydrogen (secondary N) is 1. The van der Waals surface area contributed by atoms with E-state index in [1.54, 1.807) is 13.2 Å². The van der Waals surface area contributed by atoms with Crippen molar-refractivity contribution in [2.24, 2.45) is 0 Å².